The van der Waals surface area contributed by atoms with Gasteiger partial charge in [0.2, 0.25) is 5.69 Å². The summed E-state index contributed by atoms with van der Waals surface area (Å²) in [5.74, 6) is 0. The number of nitrogens with zero attached hydrogens (tertiary/aromatic N) is 2. The molecule has 2 aliphatic rings. The molecular formula is C51H51N2+. The number of anilines is 1. The molecule has 1 atom stereocenters. The van der Waals surface area contributed by atoms with Crippen LogP contribution in [0.15, 0.2) is 176 Å². The molecule has 0 amide bonds. The van der Waals surface area contributed by atoms with Crippen molar-refractivity contribution in [3.63, 3.8) is 0 Å². The Morgan fingerprint density at radius 2 is 1.19 bits per heavy atom. The summed E-state index contributed by atoms with van der Waals surface area (Å²) in [7, 11) is 2.26. The van der Waals surface area contributed by atoms with E-state index in [4.69, 9.17) is 0 Å². The van der Waals surface area contributed by atoms with Gasteiger partial charge in [-0.3, -0.25) is 0 Å². The molecule has 8 rings (SSSR count). The Bertz CT molecular complexity index is 2260. The Balaban J connectivity index is 1.31. The van der Waals surface area contributed by atoms with Gasteiger partial charge in [0.05, 0.1) is 10.8 Å². The number of hydrogen-bond donors (Lipinski definition) is 0. The maximum absolute atomic E-state index is 2.68. The highest BCUT2D eigenvalue weighted by Gasteiger charge is 2.49. The fourth-order valence-electron chi connectivity index (χ4n) is 9.35. The van der Waals surface area contributed by atoms with E-state index in [0.717, 1.165) is 32.2 Å². The van der Waals surface area contributed by atoms with Gasteiger partial charge in [-0.1, -0.05) is 159 Å². The SMILES string of the molecule is CCCCC[N+]1=C(C=CC=C2N(C)c3ccccc3C2(Cc2ccccc2)Cc2ccccc2)C(C)(Cc2ccccc2)c2ccc3ccccc3c21. The third-order valence-electron chi connectivity index (χ3n) is 11.8. The molecular weight excluding hydrogens is 641 g/mol. The smallest absolute Gasteiger partial charge is 0.217 e. The van der Waals surface area contributed by atoms with Crippen molar-refractivity contribution in [3.05, 3.63) is 203 Å². The number of para-hydroxylation sites is 1. The second kappa shape index (κ2) is 14.9. The predicted molar refractivity (Wildman–Crippen MR) is 225 cm³/mol. The summed E-state index contributed by atoms with van der Waals surface area (Å²) < 4.78 is 2.68. The zero-order valence-electron chi connectivity index (χ0n) is 31.5. The molecule has 0 radical (unpaired) electrons. The van der Waals surface area contributed by atoms with E-state index < -0.39 is 0 Å². The molecule has 0 aliphatic carbocycles. The van der Waals surface area contributed by atoms with Gasteiger partial charge in [-0.15, -0.1) is 0 Å². The van der Waals surface area contributed by atoms with E-state index in [1.807, 2.05) is 0 Å². The summed E-state index contributed by atoms with van der Waals surface area (Å²) >= 11 is 0. The van der Waals surface area contributed by atoms with Crippen molar-refractivity contribution in [2.24, 2.45) is 0 Å². The maximum atomic E-state index is 2.68. The minimum Gasteiger partial charge on any atom is -0.347 e. The highest BCUT2D eigenvalue weighted by atomic mass is 15.2. The van der Waals surface area contributed by atoms with Gasteiger partial charge < -0.3 is 4.90 Å². The van der Waals surface area contributed by atoms with Crippen molar-refractivity contribution in [1.29, 1.82) is 0 Å². The summed E-state index contributed by atoms with van der Waals surface area (Å²) in [5, 5.41) is 2.65. The van der Waals surface area contributed by atoms with Crippen LogP contribution in [0.2, 0.25) is 0 Å². The fourth-order valence-corrected chi connectivity index (χ4v) is 9.35. The zero-order chi connectivity index (χ0) is 36.3. The Labute approximate surface area is 316 Å². The molecule has 0 aromatic heterocycles. The quantitative estimate of drug-likeness (QED) is 0.0914. The standard InChI is InChI=1S/C51H51N2/c1-4-5-19-35-53-47(50(2,36-39-21-9-6-10-22-39)45-34-33-42-27-15-16-28-43(42)49(45)53)31-20-32-48-51(37-40-23-11-7-12-24-40,38-41-25-13-8-14-26-41)44-29-17-18-30-46(44)52(48)3/h6-18,20-34H,4-5,19,35-38H2,1-3H3/q+1. The summed E-state index contributed by atoms with van der Waals surface area (Å²) in [4.78, 5) is 2.45. The minimum absolute atomic E-state index is 0.197. The number of likely N-dealkylation sites (N-methyl/N-ethyl adjacent to an activating group) is 1. The molecule has 2 heteroatoms. The molecule has 2 nitrogen and oxygen atoms in total. The number of rotatable bonds is 12. The molecule has 6 aromatic carbocycles. The van der Waals surface area contributed by atoms with Crippen molar-refractivity contribution >= 4 is 27.9 Å². The topological polar surface area (TPSA) is 6.25 Å². The minimum atomic E-state index is -0.230. The highest BCUT2D eigenvalue weighted by molar-refractivity contribution is 6.07. The number of benzene rings is 6. The average molecular weight is 692 g/mol. The molecule has 2 aliphatic heterocycles. The van der Waals surface area contributed by atoms with E-state index in [-0.39, 0.29) is 10.8 Å². The molecule has 0 saturated carbocycles. The van der Waals surface area contributed by atoms with Gasteiger partial charge in [-0.2, -0.15) is 4.58 Å². The van der Waals surface area contributed by atoms with Crippen LogP contribution in [-0.4, -0.2) is 23.9 Å². The van der Waals surface area contributed by atoms with Crippen LogP contribution in [0.3, 0.4) is 0 Å². The summed E-state index contributed by atoms with van der Waals surface area (Å²) in [6, 6.07) is 56.0. The van der Waals surface area contributed by atoms with E-state index in [0.29, 0.717) is 0 Å². The van der Waals surface area contributed by atoms with Gasteiger partial charge in [-0.25, -0.2) is 0 Å². The molecule has 0 spiro atoms. The van der Waals surface area contributed by atoms with Crippen molar-refractivity contribution in [1.82, 2.24) is 0 Å². The second-order valence-electron chi connectivity index (χ2n) is 15.3. The van der Waals surface area contributed by atoms with E-state index >= 15 is 0 Å². The van der Waals surface area contributed by atoms with E-state index in [1.165, 1.54) is 74.2 Å². The van der Waals surface area contributed by atoms with Crippen molar-refractivity contribution in [2.45, 2.75) is 63.2 Å². The van der Waals surface area contributed by atoms with Crippen LogP contribution in [0.1, 0.15) is 60.9 Å². The fraction of sp³-hybridized carbons (Fsp3) is 0.235. The molecule has 2 heterocycles. The molecule has 6 aromatic rings. The lowest BCUT2D eigenvalue weighted by molar-refractivity contribution is -0.436. The Kier molecular flexibility index (Phi) is 9.71. The van der Waals surface area contributed by atoms with Crippen LogP contribution in [0.5, 0.6) is 0 Å². The third-order valence-corrected chi connectivity index (χ3v) is 11.8. The Morgan fingerprint density at radius 3 is 1.85 bits per heavy atom. The first-order valence-electron chi connectivity index (χ1n) is 19.5. The van der Waals surface area contributed by atoms with Gasteiger partial charge >= 0.3 is 0 Å². The van der Waals surface area contributed by atoms with Gasteiger partial charge in [0, 0.05) is 41.9 Å². The van der Waals surface area contributed by atoms with E-state index in [2.05, 4.69) is 200 Å². The lowest BCUT2D eigenvalue weighted by Crippen LogP contribution is -2.35. The largest absolute Gasteiger partial charge is 0.347 e. The molecule has 0 fully saturated rings. The first-order chi connectivity index (χ1) is 26.0. The Morgan fingerprint density at radius 1 is 0.604 bits per heavy atom. The second-order valence-corrected chi connectivity index (χ2v) is 15.3. The monoisotopic (exact) mass is 691 g/mol. The van der Waals surface area contributed by atoms with Crippen LogP contribution < -0.4 is 4.90 Å². The maximum Gasteiger partial charge on any atom is 0.217 e. The van der Waals surface area contributed by atoms with Crippen LogP contribution in [0.4, 0.5) is 11.4 Å². The lowest BCUT2D eigenvalue weighted by atomic mass is 9.70. The van der Waals surface area contributed by atoms with Gasteiger partial charge in [0.1, 0.15) is 6.54 Å². The van der Waals surface area contributed by atoms with Gasteiger partial charge in [0.25, 0.3) is 0 Å². The predicted octanol–water partition coefficient (Wildman–Crippen LogP) is 11.9. The number of allylic oxidation sites excluding steroid dienone is 4. The number of unbranched alkanes of at least 4 members (excludes halogenated alkanes) is 2. The number of hydrogen-bond acceptors (Lipinski definition) is 1. The normalized spacial score (nSPS) is 18.3. The summed E-state index contributed by atoms with van der Waals surface area (Å²) in [5.41, 5.74) is 11.9. The van der Waals surface area contributed by atoms with E-state index in [9.17, 15) is 0 Å². The average Bonchev–Trinajstić information content (AvgIpc) is 3.56. The molecule has 0 saturated heterocycles. The lowest BCUT2D eigenvalue weighted by Gasteiger charge is -2.33. The van der Waals surface area contributed by atoms with Crippen LogP contribution in [0.25, 0.3) is 10.8 Å². The van der Waals surface area contributed by atoms with Crippen molar-refractivity contribution in [3.8, 4) is 0 Å². The van der Waals surface area contributed by atoms with Crippen molar-refractivity contribution < 1.29 is 4.58 Å². The first kappa shape index (κ1) is 34.6. The summed E-state index contributed by atoms with van der Waals surface area (Å²) in [6.07, 6.45) is 13.6. The Hall–Kier alpha value is -5.47. The van der Waals surface area contributed by atoms with Gasteiger partial charge in [-0.05, 0) is 78.5 Å². The molecule has 0 bridgehead atoms. The highest BCUT2D eigenvalue weighted by Crippen LogP contribution is 2.51. The molecule has 264 valence electrons. The third kappa shape index (κ3) is 6.46. The first-order valence-corrected chi connectivity index (χ1v) is 19.5. The molecule has 1 unspecified atom stereocenters. The molecule has 0 N–H and O–H groups in total. The van der Waals surface area contributed by atoms with Crippen LogP contribution in [0, 0.1) is 0 Å². The van der Waals surface area contributed by atoms with E-state index in [1.54, 1.807) is 0 Å². The van der Waals surface area contributed by atoms with Crippen LogP contribution in [-0.2, 0) is 30.1 Å². The zero-order valence-corrected chi connectivity index (χ0v) is 31.5. The van der Waals surface area contributed by atoms with Gasteiger partial charge in [0.15, 0.2) is 5.71 Å². The van der Waals surface area contributed by atoms with Crippen LogP contribution >= 0.6 is 0 Å². The molecule has 53 heavy (non-hydrogen) atoms. The summed E-state index contributed by atoms with van der Waals surface area (Å²) in [6.45, 7) is 5.79. The number of fused-ring (bicyclic) bond motifs is 4. The van der Waals surface area contributed by atoms with Crippen molar-refractivity contribution in [2.75, 3.05) is 18.5 Å².